The molecule has 0 heterocycles. The molecule has 0 bridgehead atoms. The van der Waals surface area contributed by atoms with E-state index in [9.17, 15) is 13.2 Å². The molecule has 2 rings (SSSR count). The van der Waals surface area contributed by atoms with Gasteiger partial charge < -0.3 is 0 Å². The third-order valence-electron chi connectivity index (χ3n) is 3.58. The molecular formula is C12H17NO3S. The smallest absolute Gasteiger partial charge is 0.244 e. The number of hydrogen-bond acceptors (Lipinski definition) is 3. The highest BCUT2D eigenvalue weighted by Crippen LogP contribution is 2.57. The van der Waals surface area contributed by atoms with E-state index in [1.165, 1.54) is 0 Å². The minimum atomic E-state index is -3.47. The molecule has 0 aromatic heterocycles. The van der Waals surface area contributed by atoms with Gasteiger partial charge in [-0.3, -0.25) is 9.52 Å². The summed E-state index contributed by atoms with van der Waals surface area (Å²) >= 11 is 0. The van der Waals surface area contributed by atoms with E-state index < -0.39 is 21.3 Å². The van der Waals surface area contributed by atoms with Crippen molar-refractivity contribution in [1.29, 1.82) is 0 Å². The lowest BCUT2D eigenvalue weighted by molar-refractivity contribution is -0.123. The SMILES string of the molecule is C=CC1(C(=O)NS(=O)(=O)C2CC2)CC1C(=C)C. The fourth-order valence-corrected chi connectivity index (χ4v) is 3.52. The molecule has 2 atom stereocenters. The number of carbonyl (C=O) groups is 1. The monoisotopic (exact) mass is 255 g/mol. The van der Waals surface area contributed by atoms with Crippen molar-refractivity contribution in [2.75, 3.05) is 0 Å². The van der Waals surface area contributed by atoms with Crippen molar-refractivity contribution in [3.63, 3.8) is 0 Å². The first-order valence-corrected chi connectivity index (χ1v) is 7.23. The van der Waals surface area contributed by atoms with Crippen LogP contribution in [0.2, 0.25) is 0 Å². The molecule has 0 spiro atoms. The third-order valence-corrected chi connectivity index (χ3v) is 5.40. The molecule has 2 unspecified atom stereocenters. The van der Waals surface area contributed by atoms with Crippen LogP contribution >= 0.6 is 0 Å². The lowest BCUT2D eigenvalue weighted by Gasteiger charge is -2.13. The van der Waals surface area contributed by atoms with Gasteiger partial charge in [-0.05, 0) is 32.1 Å². The molecule has 0 aromatic carbocycles. The second-order valence-electron chi connectivity index (χ2n) is 5.02. The van der Waals surface area contributed by atoms with Gasteiger partial charge in [-0.2, -0.15) is 0 Å². The highest BCUT2D eigenvalue weighted by Gasteiger charge is 2.59. The zero-order chi connectivity index (χ0) is 12.8. The Labute approximate surface area is 102 Å². The summed E-state index contributed by atoms with van der Waals surface area (Å²) in [7, 11) is -3.47. The number of nitrogens with one attached hydrogen (secondary N) is 1. The quantitative estimate of drug-likeness (QED) is 0.754. The minimum Gasteiger partial charge on any atom is -0.273 e. The number of rotatable bonds is 5. The van der Waals surface area contributed by atoms with Crippen LogP contribution < -0.4 is 4.72 Å². The molecule has 2 saturated carbocycles. The maximum atomic E-state index is 12.0. The molecule has 0 aromatic rings. The van der Waals surface area contributed by atoms with Gasteiger partial charge in [-0.25, -0.2) is 8.42 Å². The van der Waals surface area contributed by atoms with E-state index in [1.54, 1.807) is 6.08 Å². The summed E-state index contributed by atoms with van der Waals surface area (Å²) in [5.41, 5.74) is 0.136. The summed E-state index contributed by atoms with van der Waals surface area (Å²) in [6.45, 7) is 9.30. The molecule has 0 saturated heterocycles. The fraction of sp³-hybridized carbons (Fsp3) is 0.583. The van der Waals surface area contributed by atoms with Crippen LogP contribution in [-0.4, -0.2) is 19.6 Å². The molecular weight excluding hydrogens is 238 g/mol. The molecule has 1 amide bonds. The predicted octanol–water partition coefficient (Wildman–Crippen LogP) is 1.36. The summed E-state index contributed by atoms with van der Waals surface area (Å²) in [5.74, 6) is -0.429. The number of carbonyl (C=O) groups excluding carboxylic acids is 1. The van der Waals surface area contributed by atoms with E-state index in [-0.39, 0.29) is 11.2 Å². The molecule has 17 heavy (non-hydrogen) atoms. The first-order chi connectivity index (χ1) is 7.83. The van der Waals surface area contributed by atoms with Crippen LogP contribution in [0.1, 0.15) is 26.2 Å². The van der Waals surface area contributed by atoms with Crippen LogP contribution in [0.3, 0.4) is 0 Å². The Balaban J connectivity index is 2.10. The number of hydrogen-bond donors (Lipinski definition) is 1. The lowest BCUT2D eigenvalue weighted by atomic mass is 10.0. The predicted molar refractivity (Wildman–Crippen MR) is 65.6 cm³/mol. The normalized spacial score (nSPS) is 31.7. The van der Waals surface area contributed by atoms with Gasteiger partial charge in [0.25, 0.3) is 0 Å². The Morgan fingerprint density at radius 1 is 1.47 bits per heavy atom. The Kier molecular flexibility index (Phi) is 2.69. The van der Waals surface area contributed by atoms with E-state index in [1.807, 2.05) is 6.92 Å². The van der Waals surface area contributed by atoms with Crippen molar-refractivity contribution in [2.24, 2.45) is 11.3 Å². The minimum absolute atomic E-state index is 0.0226. The second kappa shape index (κ2) is 3.70. The van der Waals surface area contributed by atoms with Crippen LogP contribution in [0.4, 0.5) is 0 Å². The molecule has 2 aliphatic carbocycles. The van der Waals surface area contributed by atoms with Crippen LogP contribution in [0.25, 0.3) is 0 Å². The van der Waals surface area contributed by atoms with E-state index in [4.69, 9.17) is 0 Å². The topological polar surface area (TPSA) is 63.2 Å². The van der Waals surface area contributed by atoms with Crippen molar-refractivity contribution in [1.82, 2.24) is 4.72 Å². The average molecular weight is 255 g/mol. The van der Waals surface area contributed by atoms with E-state index in [2.05, 4.69) is 17.9 Å². The lowest BCUT2D eigenvalue weighted by Crippen LogP contribution is -2.38. The highest BCUT2D eigenvalue weighted by atomic mass is 32.2. The van der Waals surface area contributed by atoms with E-state index in [0.29, 0.717) is 19.3 Å². The van der Waals surface area contributed by atoms with Crippen molar-refractivity contribution in [2.45, 2.75) is 31.4 Å². The molecule has 4 nitrogen and oxygen atoms in total. The summed E-state index contributed by atoms with van der Waals surface area (Å²) in [4.78, 5) is 12.0. The van der Waals surface area contributed by atoms with Crippen LogP contribution in [0.5, 0.6) is 0 Å². The molecule has 0 radical (unpaired) electrons. The first-order valence-electron chi connectivity index (χ1n) is 5.68. The fourth-order valence-electron chi connectivity index (χ4n) is 2.15. The molecule has 2 fully saturated rings. The van der Waals surface area contributed by atoms with Crippen LogP contribution in [-0.2, 0) is 14.8 Å². The summed E-state index contributed by atoms with van der Waals surface area (Å²) in [5, 5.41) is -0.379. The largest absolute Gasteiger partial charge is 0.273 e. The molecule has 5 heteroatoms. The van der Waals surface area contributed by atoms with Crippen molar-refractivity contribution >= 4 is 15.9 Å². The second-order valence-corrected chi connectivity index (χ2v) is 6.98. The Morgan fingerprint density at radius 2 is 2.06 bits per heavy atom. The molecule has 1 N–H and O–H groups in total. The zero-order valence-corrected chi connectivity index (χ0v) is 10.7. The van der Waals surface area contributed by atoms with Gasteiger partial charge in [0.05, 0.1) is 10.7 Å². The summed E-state index contributed by atoms with van der Waals surface area (Å²) in [6.07, 6.45) is 3.45. The van der Waals surface area contributed by atoms with Gasteiger partial charge in [0.1, 0.15) is 0 Å². The van der Waals surface area contributed by atoms with Gasteiger partial charge in [0, 0.05) is 0 Å². The van der Waals surface area contributed by atoms with Crippen LogP contribution in [0, 0.1) is 11.3 Å². The van der Waals surface area contributed by atoms with E-state index >= 15 is 0 Å². The van der Waals surface area contributed by atoms with Gasteiger partial charge >= 0.3 is 0 Å². The van der Waals surface area contributed by atoms with Gasteiger partial charge in [-0.15, -0.1) is 6.58 Å². The van der Waals surface area contributed by atoms with Crippen LogP contribution in [0.15, 0.2) is 24.8 Å². The third kappa shape index (κ3) is 2.04. The van der Waals surface area contributed by atoms with Crippen molar-refractivity contribution in [3.05, 3.63) is 24.8 Å². The van der Waals surface area contributed by atoms with Gasteiger partial charge in [-0.1, -0.05) is 18.2 Å². The zero-order valence-electron chi connectivity index (χ0n) is 9.90. The van der Waals surface area contributed by atoms with E-state index in [0.717, 1.165) is 5.57 Å². The number of amides is 1. The number of sulfonamides is 1. The van der Waals surface area contributed by atoms with Crippen molar-refractivity contribution in [3.8, 4) is 0 Å². The Hall–Kier alpha value is -1.10. The maximum absolute atomic E-state index is 12.0. The first kappa shape index (κ1) is 12.4. The molecule has 2 aliphatic rings. The molecule has 94 valence electrons. The van der Waals surface area contributed by atoms with Gasteiger partial charge in [0.2, 0.25) is 15.9 Å². The summed E-state index contributed by atoms with van der Waals surface area (Å²) in [6, 6.07) is 0. The highest BCUT2D eigenvalue weighted by molar-refractivity contribution is 7.90. The Morgan fingerprint density at radius 3 is 2.41 bits per heavy atom. The molecule has 0 aliphatic heterocycles. The van der Waals surface area contributed by atoms with Crippen molar-refractivity contribution < 1.29 is 13.2 Å². The average Bonchev–Trinajstić information content (AvgIpc) is 3.10. The summed E-state index contributed by atoms with van der Waals surface area (Å²) < 4.78 is 25.5. The number of allylic oxidation sites excluding steroid dienone is 1. The van der Waals surface area contributed by atoms with Gasteiger partial charge in [0.15, 0.2) is 0 Å². The Bertz CT molecular complexity index is 490. The maximum Gasteiger partial charge on any atom is 0.244 e. The standard InChI is InChI=1S/C12H17NO3S/c1-4-12(7-10(12)8(2)3)11(14)13-17(15,16)9-5-6-9/h4,9-10H,1-2,5-7H2,3H3,(H,13,14).